The molecule has 0 atom stereocenters. The van der Waals surface area contributed by atoms with Crippen LogP contribution in [0.15, 0.2) is 12.0 Å². The fraction of sp³-hybridized carbons (Fsp3) is 0.846. The van der Waals surface area contributed by atoms with Crippen molar-refractivity contribution in [1.29, 1.82) is 0 Å². The molecule has 0 unspecified atom stereocenters. The van der Waals surface area contributed by atoms with Crippen LogP contribution in [0, 0.1) is 0 Å². The van der Waals surface area contributed by atoms with Gasteiger partial charge in [-0.05, 0) is 25.3 Å². The minimum atomic E-state index is 0.347. The smallest absolute Gasteiger partial charge is 0.302 e. The predicted molar refractivity (Wildman–Crippen MR) is 78.7 cm³/mol. The van der Waals surface area contributed by atoms with Gasteiger partial charge >= 0.3 is 5.95 Å². The minimum absolute atomic E-state index is 0.347. The molecule has 1 saturated heterocycles. The summed E-state index contributed by atoms with van der Waals surface area (Å²) in [5, 5.41) is 8.64. The number of aliphatic hydroxyl groups is 1. The molecule has 0 aromatic rings. The summed E-state index contributed by atoms with van der Waals surface area (Å²) >= 11 is 2.55. The Bertz CT molecular complexity index is 214. The summed E-state index contributed by atoms with van der Waals surface area (Å²) in [5.41, 5.74) is 0. The lowest BCUT2D eigenvalue weighted by molar-refractivity contribution is 0.282. The summed E-state index contributed by atoms with van der Waals surface area (Å²) in [4.78, 5) is 0. The summed E-state index contributed by atoms with van der Waals surface area (Å²) in [6, 6.07) is 0. The number of hydrogen-bond acceptors (Lipinski definition) is 5. The first-order valence-corrected chi connectivity index (χ1v) is 8.92. The second kappa shape index (κ2) is 12.1. The molecule has 1 heterocycles. The van der Waals surface area contributed by atoms with Crippen LogP contribution >= 0.6 is 22.1 Å². The number of hydrogen-bond donors (Lipinski definition) is 1. The van der Waals surface area contributed by atoms with Gasteiger partial charge < -0.3 is 13.5 Å². The zero-order valence-corrected chi connectivity index (χ0v) is 12.6. The van der Waals surface area contributed by atoms with Crippen LogP contribution in [-0.2, 0) is 8.37 Å². The van der Waals surface area contributed by atoms with Crippen molar-refractivity contribution in [2.75, 3.05) is 6.61 Å². The van der Waals surface area contributed by atoms with Gasteiger partial charge in [-0.2, -0.15) is 0 Å². The molecule has 1 rings (SSSR count). The molecule has 0 amide bonds. The standard InChI is InChI=1S/C13H24O3S2/c14-12-10-8-6-4-2-1-3-5-7-9-11-13-15-17-18-16-13/h11,14H,1-10,12H2. The van der Waals surface area contributed by atoms with E-state index in [1.807, 2.05) is 6.08 Å². The molecule has 106 valence electrons. The monoisotopic (exact) mass is 292 g/mol. The van der Waals surface area contributed by atoms with Crippen LogP contribution in [0.5, 0.6) is 0 Å². The maximum absolute atomic E-state index is 8.64. The molecule has 1 aliphatic heterocycles. The fourth-order valence-corrected chi connectivity index (χ4v) is 2.90. The maximum atomic E-state index is 8.64. The van der Waals surface area contributed by atoms with E-state index in [9.17, 15) is 0 Å². The van der Waals surface area contributed by atoms with E-state index in [0.29, 0.717) is 12.6 Å². The molecule has 0 spiro atoms. The molecule has 0 aromatic heterocycles. The van der Waals surface area contributed by atoms with Crippen LogP contribution in [0.3, 0.4) is 0 Å². The Hall–Kier alpha value is -0.0000000000000000555. The molecular weight excluding hydrogens is 268 g/mol. The van der Waals surface area contributed by atoms with Crippen molar-refractivity contribution in [1.82, 2.24) is 0 Å². The van der Waals surface area contributed by atoms with Gasteiger partial charge in [-0.1, -0.05) is 44.9 Å². The number of allylic oxidation sites excluding steroid dienone is 1. The van der Waals surface area contributed by atoms with Gasteiger partial charge in [0.15, 0.2) is 22.1 Å². The third-order valence-corrected chi connectivity index (χ3v) is 4.03. The predicted octanol–water partition coefficient (Wildman–Crippen LogP) is 4.98. The highest BCUT2D eigenvalue weighted by molar-refractivity contribution is 8.73. The lowest BCUT2D eigenvalue weighted by atomic mass is 10.1. The molecule has 0 radical (unpaired) electrons. The summed E-state index contributed by atoms with van der Waals surface area (Å²) < 4.78 is 10.3. The van der Waals surface area contributed by atoms with Gasteiger partial charge in [0, 0.05) is 6.61 Å². The molecule has 1 aliphatic rings. The van der Waals surface area contributed by atoms with Gasteiger partial charge in [0.1, 0.15) is 0 Å². The van der Waals surface area contributed by atoms with E-state index in [2.05, 4.69) is 0 Å². The van der Waals surface area contributed by atoms with Gasteiger partial charge in [-0.15, -0.1) is 0 Å². The molecule has 0 aliphatic carbocycles. The third-order valence-electron chi connectivity index (χ3n) is 2.93. The van der Waals surface area contributed by atoms with Gasteiger partial charge in [-0.3, -0.25) is 0 Å². The van der Waals surface area contributed by atoms with Gasteiger partial charge in [0.05, 0.1) is 0 Å². The molecule has 0 bridgehead atoms. The average Bonchev–Trinajstić information content (AvgIpc) is 2.89. The second-order valence-electron chi connectivity index (χ2n) is 4.52. The summed E-state index contributed by atoms with van der Waals surface area (Å²) in [7, 11) is 0. The Labute approximate surface area is 119 Å². The molecule has 1 fully saturated rings. The Morgan fingerprint density at radius 3 is 1.83 bits per heavy atom. The van der Waals surface area contributed by atoms with Crippen LogP contribution in [0.25, 0.3) is 0 Å². The Kier molecular flexibility index (Phi) is 10.8. The first-order chi connectivity index (χ1) is 8.93. The fourth-order valence-electron chi connectivity index (χ4n) is 1.89. The molecule has 0 saturated carbocycles. The van der Waals surface area contributed by atoms with E-state index in [-0.39, 0.29) is 0 Å². The second-order valence-corrected chi connectivity index (χ2v) is 5.94. The van der Waals surface area contributed by atoms with E-state index in [0.717, 1.165) is 12.8 Å². The van der Waals surface area contributed by atoms with Crippen LogP contribution in [0.2, 0.25) is 0 Å². The minimum Gasteiger partial charge on any atom is -0.396 e. The van der Waals surface area contributed by atoms with Crippen molar-refractivity contribution in [2.24, 2.45) is 0 Å². The highest BCUT2D eigenvalue weighted by Gasteiger charge is 2.10. The molecule has 18 heavy (non-hydrogen) atoms. The Balaban J connectivity index is 1.74. The highest BCUT2D eigenvalue weighted by Crippen LogP contribution is 2.37. The van der Waals surface area contributed by atoms with E-state index in [4.69, 9.17) is 13.5 Å². The largest absolute Gasteiger partial charge is 0.396 e. The normalized spacial score (nSPS) is 14.4. The highest BCUT2D eigenvalue weighted by atomic mass is 33.1. The van der Waals surface area contributed by atoms with Crippen LogP contribution in [0.1, 0.15) is 64.2 Å². The molecule has 1 N–H and O–H groups in total. The van der Waals surface area contributed by atoms with Gasteiger partial charge in [0.25, 0.3) is 0 Å². The van der Waals surface area contributed by atoms with E-state index in [1.54, 1.807) is 0 Å². The van der Waals surface area contributed by atoms with E-state index >= 15 is 0 Å². The summed E-state index contributed by atoms with van der Waals surface area (Å²) in [6.07, 6.45) is 14.3. The number of rotatable bonds is 11. The topological polar surface area (TPSA) is 38.7 Å². The van der Waals surface area contributed by atoms with Crippen molar-refractivity contribution in [3.05, 3.63) is 12.0 Å². The lowest BCUT2D eigenvalue weighted by Crippen LogP contribution is -1.84. The van der Waals surface area contributed by atoms with Crippen LogP contribution in [0.4, 0.5) is 0 Å². The first-order valence-electron chi connectivity index (χ1n) is 6.92. The van der Waals surface area contributed by atoms with Crippen molar-refractivity contribution in [2.45, 2.75) is 64.2 Å². The average molecular weight is 292 g/mol. The van der Waals surface area contributed by atoms with Crippen molar-refractivity contribution in [3.63, 3.8) is 0 Å². The van der Waals surface area contributed by atoms with Gasteiger partial charge in [0.2, 0.25) is 0 Å². The number of unbranched alkanes of at least 4 members (excludes halogenated alkanes) is 9. The molecule has 3 nitrogen and oxygen atoms in total. The SMILES string of the molecule is OCCCCCCCCCCCC=C1OSSO1. The van der Waals surface area contributed by atoms with Gasteiger partial charge in [-0.25, -0.2) is 0 Å². The van der Waals surface area contributed by atoms with E-state index in [1.165, 1.54) is 73.5 Å². The molecular formula is C13H24O3S2. The Morgan fingerprint density at radius 2 is 1.28 bits per heavy atom. The zero-order valence-electron chi connectivity index (χ0n) is 10.9. The quantitative estimate of drug-likeness (QED) is 0.330. The van der Waals surface area contributed by atoms with Crippen molar-refractivity contribution < 1.29 is 13.5 Å². The van der Waals surface area contributed by atoms with Crippen LogP contribution < -0.4 is 0 Å². The van der Waals surface area contributed by atoms with Crippen LogP contribution in [-0.4, -0.2) is 11.7 Å². The number of aliphatic hydroxyl groups excluding tert-OH is 1. The first kappa shape index (κ1) is 16.1. The molecule has 5 heteroatoms. The Morgan fingerprint density at radius 1 is 0.778 bits per heavy atom. The summed E-state index contributed by atoms with van der Waals surface area (Å²) in [6.45, 7) is 0.347. The maximum Gasteiger partial charge on any atom is 0.302 e. The molecule has 0 aromatic carbocycles. The lowest BCUT2D eigenvalue weighted by Gasteiger charge is -2.01. The van der Waals surface area contributed by atoms with Crippen molar-refractivity contribution >= 4 is 22.1 Å². The summed E-state index contributed by atoms with van der Waals surface area (Å²) in [5.74, 6) is 0.661. The zero-order chi connectivity index (χ0) is 12.9. The van der Waals surface area contributed by atoms with Crippen molar-refractivity contribution in [3.8, 4) is 0 Å². The third kappa shape index (κ3) is 9.00. The van der Waals surface area contributed by atoms with E-state index < -0.39 is 0 Å².